The lowest BCUT2D eigenvalue weighted by Gasteiger charge is -2.27. The first-order valence-electron chi connectivity index (χ1n) is 7.28. The highest BCUT2D eigenvalue weighted by atomic mass is 32.2. The molecule has 0 radical (unpaired) electrons. The largest absolute Gasteiger partial charge is 0.495 e. The molecule has 1 atom stereocenters. The molecule has 0 unspecified atom stereocenters. The van der Waals surface area contributed by atoms with Gasteiger partial charge in [0.2, 0.25) is 10.0 Å². The summed E-state index contributed by atoms with van der Waals surface area (Å²) < 4.78 is 55.9. The molecule has 1 aromatic rings. The molecule has 0 aromatic heterocycles. The van der Waals surface area contributed by atoms with Crippen LogP contribution in [0.25, 0.3) is 0 Å². The molecule has 130 valence electrons. The zero-order valence-corrected chi connectivity index (χ0v) is 14.9. The smallest absolute Gasteiger partial charge is 0.247 e. The Balaban J connectivity index is 2.48. The molecule has 1 saturated heterocycles. The molecule has 1 aliphatic rings. The molecule has 1 aromatic carbocycles. The van der Waals surface area contributed by atoms with Crippen molar-refractivity contribution in [2.75, 3.05) is 31.7 Å². The number of nitrogens with two attached hydrogens (primary N) is 1. The first-order chi connectivity index (χ1) is 10.7. The molecule has 2 N–H and O–H groups in total. The Morgan fingerprint density at radius 2 is 2.09 bits per heavy atom. The fraction of sp³-hybridized carbons (Fsp3) is 0.571. The first kappa shape index (κ1) is 18.2. The predicted octanol–water partition coefficient (Wildman–Crippen LogP) is 0.140. The van der Waals surface area contributed by atoms with E-state index >= 15 is 0 Å². The van der Waals surface area contributed by atoms with E-state index in [1.54, 1.807) is 19.1 Å². The van der Waals surface area contributed by atoms with Gasteiger partial charge < -0.3 is 10.5 Å². The number of hydrogen-bond acceptors (Lipinski definition) is 6. The first-order valence-corrected chi connectivity index (χ1v) is 10.5. The number of ether oxygens (including phenoxy) is 1. The van der Waals surface area contributed by atoms with E-state index in [9.17, 15) is 16.8 Å². The number of hydrogen-bond donors (Lipinski definition) is 1. The lowest BCUT2D eigenvalue weighted by atomic mass is 10.2. The normalized spacial score (nSPS) is 20.8. The summed E-state index contributed by atoms with van der Waals surface area (Å²) in [7, 11) is -5.70. The molecule has 2 rings (SSSR count). The van der Waals surface area contributed by atoms with E-state index < -0.39 is 25.9 Å². The zero-order valence-electron chi connectivity index (χ0n) is 13.2. The molecule has 0 saturated carbocycles. The standard InChI is InChI=1S/C14H22N2O5S2/c1-11-3-4-13(21-2)14(9-11)23(19,20)16(7-6-15)12-5-8-22(17,18)10-12/h3-4,9,12H,5-8,10,15H2,1-2H3/t12-/m1/s1. The lowest BCUT2D eigenvalue weighted by molar-refractivity contribution is 0.342. The maximum absolute atomic E-state index is 13.0. The van der Waals surface area contributed by atoms with Gasteiger partial charge in [0.1, 0.15) is 10.6 Å². The van der Waals surface area contributed by atoms with Crippen molar-refractivity contribution in [1.29, 1.82) is 0 Å². The predicted molar refractivity (Wildman–Crippen MR) is 87.7 cm³/mol. The van der Waals surface area contributed by atoms with Gasteiger partial charge in [0, 0.05) is 19.1 Å². The highest BCUT2D eigenvalue weighted by molar-refractivity contribution is 7.92. The lowest BCUT2D eigenvalue weighted by Crippen LogP contribution is -2.43. The van der Waals surface area contributed by atoms with Crippen LogP contribution in [0.3, 0.4) is 0 Å². The summed E-state index contributed by atoms with van der Waals surface area (Å²) in [5, 5.41) is 0. The van der Waals surface area contributed by atoms with E-state index in [1.807, 2.05) is 0 Å². The second-order valence-corrected chi connectivity index (χ2v) is 9.70. The highest BCUT2D eigenvalue weighted by Gasteiger charge is 2.39. The number of sulfone groups is 1. The summed E-state index contributed by atoms with van der Waals surface area (Å²) in [5.74, 6) is 0.0676. The van der Waals surface area contributed by atoms with Crippen LogP contribution in [0.5, 0.6) is 5.75 Å². The van der Waals surface area contributed by atoms with Crippen molar-refractivity contribution in [2.24, 2.45) is 5.73 Å². The Hall–Kier alpha value is -1.16. The second-order valence-electron chi connectivity index (χ2n) is 5.62. The van der Waals surface area contributed by atoms with Crippen LogP contribution in [0.4, 0.5) is 0 Å². The van der Waals surface area contributed by atoms with Gasteiger partial charge >= 0.3 is 0 Å². The monoisotopic (exact) mass is 362 g/mol. The topological polar surface area (TPSA) is 107 Å². The number of rotatable bonds is 6. The fourth-order valence-corrected chi connectivity index (χ4v) is 6.48. The molecule has 9 heteroatoms. The third-order valence-electron chi connectivity index (χ3n) is 3.87. The van der Waals surface area contributed by atoms with E-state index in [2.05, 4.69) is 0 Å². The van der Waals surface area contributed by atoms with Crippen LogP contribution in [0.1, 0.15) is 12.0 Å². The minimum Gasteiger partial charge on any atom is -0.495 e. The van der Waals surface area contributed by atoms with E-state index in [0.717, 1.165) is 5.56 Å². The van der Waals surface area contributed by atoms with Gasteiger partial charge in [-0.05, 0) is 31.0 Å². The number of aryl methyl sites for hydroxylation is 1. The van der Waals surface area contributed by atoms with Crippen LogP contribution in [0.15, 0.2) is 23.1 Å². The average molecular weight is 362 g/mol. The number of sulfonamides is 1. The molecule has 1 aliphatic heterocycles. The van der Waals surface area contributed by atoms with Crippen LogP contribution in [-0.4, -0.2) is 58.9 Å². The van der Waals surface area contributed by atoms with Crippen molar-refractivity contribution in [3.8, 4) is 5.75 Å². The molecule has 0 aliphatic carbocycles. The number of methoxy groups -OCH3 is 1. The molecular formula is C14H22N2O5S2. The summed E-state index contributed by atoms with van der Waals surface area (Å²) in [5.41, 5.74) is 6.33. The molecule has 1 fully saturated rings. The summed E-state index contributed by atoms with van der Waals surface area (Å²) >= 11 is 0. The van der Waals surface area contributed by atoms with E-state index in [0.29, 0.717) is 0 Å². The SMILES string of the molecule is COc1ccc(C)cc1S(=O)(=O)N(CCN)[C@@H]1CCS(=O)(=O)C1. The van der Waals surface area contributed by atoms with Crippen LogP contribution in [0.2, 0.25) is 0 Å². The van der Waals surface area contributed by atoms with Gasteiger partial charge in [0.15, 0.2) is 9.84 Å². The van der Waals surface area contributed by atoms with Crippen molar-refractivity contribution in [3.05, 3.63) is 23.8 Å². The van der Waals surface area contributed by atoms with Crippen LogP contribution >= 0.6 is 0 Å². The highest BCUT2D eigenvalue weighted by Crippen LogP contribution is 2.31. The summed E-state index contributed by atoms with van der Waals surface area (Å²) in [6.45, 7) is 1.97. The summed E-state index contributed by atoms with van der Waals surface area (Å²) in [6, 6.07) is 4.29. The minimum absolute atomic E-state index is 0.000783. The molecule has 0 amide bonds. The Bertz CT molecular complexity index is 774. The third-order valence-corrected chi connectivity index (χ3v) is 7.59. The summed E-state index contributed by atoms with van der Waals surface area (Å²) in [4.78, 5) is 0.0396. The van der Waals surface area contributed by atoms with Gasteiger partial charge in [-0.2, -0.15) is 4.31 Å². The molecule has 7 nitrogen and oxygen atoms in total. The van der Waals surface area contributed by atoms with E-state index in [1.165, 1.54) is 17.5 Å². The minimum atomic E-state index is -3.90. The molecular weight excluding hydrogens is 340 g/mol. The van der Waals surface area contributed by atoms with Gasteiger partial charge in [-0.3, -0.25) is 0 Å². The Morgan fingerprint density at radius 3 is 2.61 bits per heavy atom. The zero-order chi connectivity index (χ0) is 17.3. The van der Waals surface area contributed by atoms with Crippen LogP contribution in [-0.2, 0) is 19.9 Å². The molecule has 0 spiro atoms. The van der Waals surface area contributed by atoms with Gasteiger partial charge in [-0.15, -0.1) is 0 Å². The maximum atomic E-state index is 13.0. The van der Waals surface area contributed by atoms with E-state index in [4.69, 9.17) is 10.5 Å². The van der Waals surface area contributed by atoms with Crippen molar-refractivity contribution in [3.63, 3.8) is 0 Å². The Morgan fingerprint density at radius 1 is 1.39 bits per heavy atom. The Kier molecular flexibility index (Phi) is 5.34. The fourth-order valence-electron chi connectivity index (χ4n) is 2.74. The maximum Gasteiger partial charge on any atom is 0.247 e. The summed E-state index contributed by atoms with van der Waals surface area (Å²) in [6.07, 6.45) is 0.287. The van der Waals surface area contributed by atoms with Gasteiger partial charge in [-0.1, -0.05) is 6.07 Å². The van der Waals surface area contributed by atoms with Crippen molar-refractivity contribution >= 4 is 19.9 Å². The average Bonchev–Trinajstić information content (AvgIpc) is 2.84. The van der Waals surface area contributed by atoms with Crippen molar-refractivity contribution in [1.82, 2.24) is 4.31 Å². The van der Waals surface area contributed by atoms with Crippen molar-refractivity contribution in [2.45, 2.75) is 24.3 Å². The van der Waals surface area contributed by atoms with Crippen LogP contribution in [0, 0.1) is 6.92 Å². The third kappa shape index (κ3) is 3.85. The number of nitrogens with zero attached hydrogens (tertiary/aromatic N) is 1. The molecule has 23 heavy (non-hydrogen) atoms. The van der Waals surface area contributed by atoms with Gasteiger partial charge in [-0.25, -0.2) is 16.8 Å². The Labute approximate surface area is 137 Å². The van der Waals surface area contributed by atoms with Gasteiger partial charge in [0.05, 0.1) is 18.6 Å². The van der Waals surface area contributed by atoms with E-state index in [-0.39, 0.29) is 41.7 Å². The van der Waals surface area contributed by atoms with Gasteiger partial charge in [0.25, 0.3) is 0 Å². The molecule has 1 heterocycles. The van der Waals surface area contributed by atoms with Crippen LogP contribution < -0.4 is 10.5 Å². The molecule has 0 bridgehead atoms. The van der Waals surface area contributed by atoms with Crippen molar-refractivity contribution < 1.29 is 21.6 Å². The second kappa shape index (κ2) is 6.76. The number of benzene rings is 1. The quantitative estimate of drug-likeness (QED) is 0.771.